The number of hydrogen-bond donors (Lipinski definition) is 1. The van der Waals surface area contributed by atoms with E-state index in [-0.39, 0.29) is 17.4 Å². The van der Waals surface area contributed by atoms with Crippen molar-refractivity contribution >= 4 is 17.5 Å². The Hall–Kier alpha value is -2.78. The van der Waals surface area contributed by atoms with Crippen molar-refractivity contribution in [3.05, 3.63) is 53.2 Å². The van der Waals surface area contributed by atoms with Gasteiger partial charge in [0.25, 0.3) is 0 Å². The number of carbonyl (C=O) groups excluding carboxylic acids is 1. The van der Waals surface area contributed by atoms with Crippen LogP contribution in [0, 0.1) is 0 Å². The molecule has 0 bridgehead atoms. The average molecular weight is 364 g/mol. The number of pyridine rings is 1. The van der Waals surface area contributed by atoms with Crippen LogP contribution < -0.4 is 5.32 Å². The van der Waals surface area contributed by atoms with Crippen molar-refractivity contribution in [1.29, 1.82) is 0 Å². The second-order valence-electron chi connectivity index (χ2n) is 4.84. The van der Waals surface area contributed by atoms with Crippen molar-refractivity contribution in [2.45, 2.75) is 12.4 Å². The van der Waals surface area contributed by atoms with Crippen LogP contribution in [0.3, 0.4) is 0 Å². The lowest BCUT2D eigenvalue weighted by Crippen LogP contribution is -2.11. The van der Waals surface area contributed by atoms with E-state index >= 15 is 0 Å². The van der Waals surface area contributed by atoms with Crippen molar-refractivity contribution < 1.29 is 35.9 Å². The van der Waals surface area contributed by atoms with Gasteiger partial charge in [0.05, 0.1) is 23.8 Å². The third-order valence-corrected chi connectivity index (χ3v) is 3.04. The van der Waals surface area contributed by atoms with Crippen molar-refractivity contribution in [3.63, 3.8) is 0 Å². The summed E-state index contributed by atoms with van der Waals surface area (Å²) in [5, 5.41) is 2.35. The van der Waals surface area contributed by atoms with Gasteiger partial charge < -0.3 is 10.1 Å². The van der Waals surface area contributed by atoms with Crippen molar-refractivity contribution in [3.8, 4) is 0 Å². The molecular weight excluding hydrogens is 354 g/mol. The van der Waals surface area contributed by atoms with Gasteiger partial charge in [0, 0.05) is 11.9 Å². The Morgan fingerprint density at radius 2 is 1.56 bits per heavy atom. The van der Waals surface area contributed by atoms with E-state index in [1.54, 1.807) is 0 Å². The molecule has 0 saturated heterocycles. The molecule has 0 aliphatic heterocycles. The lowest BCUT2D eigenvalue weighted by Gasteiger charge is -2.15. The van der Waals surface area contributed by atoms with Crippen molar-refractivity contribution in [2.24, 2.45) is 0 Å². The quantitative estimate of drug-likeness (QED) is 0.636. The van der Waals surface area contributed by atoms with Gasteiger partial charge in [-0.05, 0) is 30.3 Å². The molecule has 0 unspecified atom stereocenters. The highest BCUT2D eigenvalue weighted by atomic mass is 19.4. The van der Waals surface area contributed by atoms with Crippen LogP contribution in [0.25, 0.3) is 0 Å². The molecule has 134 valence electrons. The Bertz CT molecular complexity index is 737. The normalized spacial score (nSPS) is 12.0. The molecule has 0 amide bonds. The van der Waals surface area contributed by atoms with Gasteiger partial charge in [-0.15, -0.1) is 0 Å². The maximum Gasteiger partial charge on any atom is 0.416 e. The predicted octanol–water partition coefficient (Wildman–Crippen LogP) is 4.65. The monoisotopic (exact) mass is 364 g/mol. The molecule has 0 radical (unpaired) electrons. The molecule has 4 nitrogen and oxygen atoms in total. The minimum absolute atomic E-state index is 0.0267. The highest BCUT2D eigenvalue weighted by Crippen LogP contribution is 2.38. The van der Waals surface area contributed by atoms with Crippen LogP contribution in [0.4, 0.5) is 37.8 Å². The number of alkyl halides is 6. The van der Waals surface area contributed by atoms with E-state index in [0.717, 1.165) is 13.3 Å². The second-order valence-corrected chi connectivity index (χ2v) is 4.84. The summed E-state index contributed by atoms with van der Waals surface area (Å²) >= 11 is 0. The molecule has 0 atom stereocenters. The highest BCUT2D eigenvalue weighted by molar-refractivity contribution is 5.89. The third kappa shape index (κ3) is 4.61. The Balaban J connectivity index is 2.37. The highest BCUT2D eigenvalue weighted by Gasteiger charge is 2.36. The Kier molecular flexibility index (Phi) is 4.91. The molecular formula is C15H10F6N2O2. The lowest BCUT2D eigenvalue weighted by molar-refractivity contribution is -0.143. The number of carbonyl (C=O) groups is 1. The van der Waals surface area contributed by atoms with E-state index in [9.17, 15) is 31.1 Å². The number of aromatic nitrogens is 1. The first kappa shape index (κ1) is 18.6. The minimum Gasteiger partial charge on any atom is -0.465 e. The topological polar surface area (TPSA) is 51.2 Å². The molecule has 2 aromatic rings. The summed E-state index contributed by atoms with van der Waals surface area (Å²) in [6.45, 7) is 0. The number of rotatable bonds is 3. The van der Waals surface area contributed by atoms with Gasteiger partial charge in [0.2, 0.25) is 0 Å². The number of nitrogens with one attached hydrogen (secondary N) is 1. The number of halogens is 6. The molecule has 1 aromatic heterocycles. The molecule has 25 heavy (non-hydrogen) atoms. The molecule has 1 aromatic carbocycles. The fourth-order valence-corrected chi connectivity index (χ4v) is 1.88. The molecule has 10 heteroatoms. The standard InChI is InChI=1S/C15H10F6N2O2/c1-25-13(24)8-2-3-12(22-7-8)23-11-5-9(14(16,17)18)4-10(6-11)15(19,20)21/h2-7H,1H3,(H,22,23). The fourth-order valence-electron chi connectivity index (χ4n) is 1.88. The summed E-state index contributed by atoms with van der Waals surface area (Å²) < 4.78 is 81.2. The zero-order valence-corrected chi connectivity index (χ0v) is 12.5. The van der Waals surface area contributed by atoms with E-state index in [4.69, 9.17) is 0 Å². The van der Waals surface area contributed by atoms with Gasteiger partial charge in [-0.1, -0.05) is 0 Å². The molecule has 2 rings (SSSR count). The second kappa shape index (κ2) is 6.61. The van der Waals surface area contributed by atoms with Crippen LogP contribution in [-0.2, 0) is 17.1 Å². The van der Waals surface area contributed by atoms with Gasteiger partial charge in [0.15, 0.2) is 0 Å². The van der Waals surface area contributed by atoms with Gasteiger partial charge in [-0.25, -0.2) is 9.78 Å². The zero-order valence-electron chi connectivity index (χ0n) is 12.5. The third-order valence-electron chi connectivity index (χ3n) is 3.04. The predicted molar refractivity (Wildman–Crippen MR) is 75.3 cm³/mol. The summed E-state index contributed by atoms with van der Waals surface area (Å²) in [6.07, 6.45) is -8.81. The maximum absolute atomic E-state index is 12.8. The largest absolute Gasteiger partial charge is 0.465 e. The van der Waals surface area contributed by atoms with Crippen molar-refractivity contribution in [1.82, 2.24) is 4.98 Å². The zero-order chi connectivity index (χ0) is 18.8. The number of esters is 1. The molecule has 0 aliphatic rings. The van der Waals surface area contributed by atoms with Gasteiger partial charge in [-0.2, -0.15) is 26.3 Å². The van der Waals surface area contributed by atoms with E-state index in [0.29, 0.717) is 12.1 Å². The fraction of sp³-hybridized carbons (Fsp3) is 0.200. The van der Waals surface area contributed by atoms with Crippen molar-refractivity contribution in [2.75, 3.05) is 12.4 Å². The summed E-state index contributed by atoms with van der Waals surface area (Å²) in [4.78, 5) is 15.0. The lowest BCUT2D eigenvalue weighted by atomic mass is 10.1. The van der Waals surface area contributed by atoms with Crippen LogP contribution in [0.1, 0.15) is 21.5 Å². The number of benzene rings is 1. The Morgan fingerprint density at radius 3 is 1.96 bits per heavy atom. The Morgan fingerprint density at radius 1 is 1.00 bits per heavy atom. The first-order valence-corrected chi connectivity index (χ1v) is 6.61. The summed E-state index contributed by atoms with van der Waals surface area (Å²) in [5.74, 6) is -0.724. The van der Waals surface area contributed by atoms with Gasteiger partial charge >= 0.3 is 18.3 Å². The van der Waals surface area contributed by atoms with Gasteiger partial charge in [-0.3, -0.25) is 0 Å². The molecule has 1 heterocycles. The first-order chi connectivity index (χ1) is 11.5. The van der Waals surface area contributed by atoms with E-state index in [1.807, 2.05) is 0 Å². The summed E-state index contributed by atoms with van der Waals surface area (Å²) in [5.41, 5.74) is -3.26. The Labute approximate surface area is 137 Å². The van der Waals surface area contributed by atoms with Crippen LogP contribution >= 0.6 is 0 Å². The maximum atomic E-state index is 12.8. The molecule has 0 saturated carbocycles. The number of ether oxygens (including phenoxy) is 1. The molecule has 0 fully saturated rings. The molecule has 0 aliphatic carbocycles. The number of nitrogens with zero attached hydrogens (tertiary/aromatic N) is 1. The van der Waals surface area contributed by atoms with Gasteiger partial charge in [0.1, 0.15) is 5.82 Å². The molecule has 1 N–H and O–H groups in total. The molecule has 0 spiro atoms. The summed E-state index contributed by atoms with van der Waals surface area (Å²) in [7, 11) is 1.15. The van der Waals surface area contributed by atoms with Crippen LogP contribution in [0.15, 0.2) is 36.5 Å². The minimum atomic E-state index is -4.94. The number of anilines is 2. The number of hydrogen-bond acceptors (Lipinski definition) is 4. The summed E-state index contributed by atoms with van der Waals surface area (Å²) in [6, 6.07) is 3.58. The van der Waals surface area contributed by atoms with E-state index in [2.05, 4.69) is 15.0 Å². The average Bonchev–Trinajstić information content (AvgIpc) is 2.53. The van der Waals surface area contributed by atoms with Crippen LogP contribution in [0.2, 0.25) is 0 Å². The van der Waals surface area contributed by atoms with Crippen LogP contribution in [0.5, 0.6) is 0 Å². The number of methoxy groups -OCH3 is 1. The SMILES string of the molecule is COC(=O)c1ccc(Nc2cc(C(F)(F)F)cc(C(F)(F)F)c2)nc1. The van der Waals surface area contributed by atoms with E-state index in [1.165, 1.54) is 12.1 Å². The van der Waals surface area contributed by atoms with E-state index < -0.39 is 35.1 Å². The van der Waals surface area contributed by atoms with Crippen LogP contribution in [-0.4, -0.2) is 18.1 Å². The smallest absolute Gasteiger partial charge is 0.416 e. The first-order valence-electron chi connectivity index (χ1n) is 6.61.